The van der Waals surface area contributed by atoms with Gasteiger partial charge in [0.1, 0.15) is 5.75 Å². The second-order valence-electron chi connectivity index (χ2n) is 9.71. The van der Waals surface area contributed by atoms with E-state index in [1.807, 2.05) is 36.4 Å². The van der Waals surface area contributed by atoms with Crippen LogP contribution < -0.4 is 4.18 Å². The lowest BCUT2D eigenvalue weighted by Crippen LogP contribution is -2.39. The van der Waals surface area contributed by atoms with Gasteiger partial charge >= 0.3 is 15.6 Å². The SMILES string of the molecule is O=S(=O)(Oc1ccc2c(c1)CCC[C@@H]1CC(c3ccccc3)=CC[C@]21Cc1ccccc1)C(F)(F)F. The number of allylic oxidation sites excluding steroid dienone is 2. The summed E-state index contributed by atoms with van der Waals surface area (Å²) in [6.45, 7) is 0. The standard InChI is InChI=1S/C29H27F3O3S/c30-29(31,32)36(33,34)35-26-14-15-27-24(19-26)12-7-13-25-18-23(22-10-5-2-6-11-22)16-17-28(25,27)20-21-8-3-1-4-9-21/h1-6,8-11,14-16,19,25H,7,12-13,17-18,20H2/t25-,28-/m1/s1. The maximum Gasteiger partial charge on any atom is 0.534 e. The van der Waals surface area contributed by atoms with Crippen molar-refractivity contribution in [2.24, 2.45) is 5.92 Å². The van der Waals surface area contributed by atoms with Gasteiger partial charge in [-0.15, -0.1) is 0 Å². The Kier molecular flexibility index (Phi) is 6.45. The van der Waals surface area contributed by atoms with E-state index in [4.69, 9.17) is 0 Å². The van der Waals surface area contributed by atoms with Crippen LogP contribution in [0.5, 0.6) is 5.75 Å². The zero-order valence-corrected chi connectivity index (χ0v) is 20.5. The Balaban J connectivity index is 1.58. The monoisotopic (exact) mass is 512 g/mol. The molecule has 3 nitrogen and oxygen atoms in total. The number of halogens is 3. The molecule has 2 aliphatic carbocycles. The number of alkyl halides is 3. The van der Waals surface area contributed by atoms with Crippen molar-refractivity contribution >= 4 is 15.7 Å². The van der Waals surface area contributed by atoms with Gasteiger partial charge in [0.25, 0.3) is 0 Å². The van der Waals surface area contributed by atoms with Gasteiger partial charge in [-0.2, -0.15) is 21.6 Å². The first-order valence-electron chi connectivity index (χ1n) is 12.1. The zero-order chi connectivity index (χ0) is 25.4. The normalized spacial score (nSPS) is 22.1. The third kappa shape index (κ3) is 4.69. The Hall–Kier alpha value is -3.06. The minimum atomic E-state index is -5.72. The molecule has 0 heterocycles. The highest BCUT2D eigenvalue weighted by molar-refractivity contribution is 7.88. The quantitative estimate of drug-likeness (QED) is 0.268. The van der Waals surface area contributed by atoms with Crippen LogP contribution in [0.15, 0.2) is 84.9 Å². The molecule has 0 radical (unpaired) electrons. The van der Waals surface area contributed by atoms with E-state index in [1.165, 1.54) is 28.8 Å². The number of benzene rings is 3. The lowest BCUT2D eigenvalue weighted by molar-refractivity contribution is -0.0500. The van der Waals surface area contributed by atoms with Gasteiger partial charge in [0, 0.05) is 5.41 Å². The summed E-state index contributed by atoms with van der Waals surface area (Å²) >= 11 is 0. The molecule has 3 aromatic rings. The van der Waals surface area contributed by atoms with Crippen LogP contribution in [0.2, 0.25) is 0 Å². The van der Waals surface area contributed by atoms with Crippen LogP contribution in [-0.2, 0) is 28.4 Å². The first-order valence-corrected chi connectivity index (χ1v) is 13.5. The second kappa shape index (κ2) is 9.43. The summed E-state index contributed by atoms with van der Waals surface area (Å²) in [6, 6.07) is 25.2. The van der Waals surface area contributed by atoms with Crippen molar-refractivity contribution in [3.8, 4) is 5.75 Å². The third-order valence-electron chi connectivity index (χ3n) is 7.57. The van der Waals surface area contributed by atoms with Crippen LogP contribution in [0, 0.1) is 5.92 Å². The second-order valence-corrected chi connectivity index (χ2v) is 11.3. The highest BCUT2D eigenvalue weighted by Gasteiger charge is 2.49. The first-order chi connectivity index (χ1) is 17.2. The van der Waals surface area contributed by atoms with E-state index in [1.54, 1.807) is 6.07 Å². The molecule has 0 bridgehead atoms. The van der Waals surface area contributed by atoms with Crippen LogP contribution in [-0.4, -0.2) is 13.9 Å². The summed E-state index contributed by atoms with van der Waals surface area (Å²) in [5.74, 6) is 0.0422. The maximum absolute atomic E-state index is 12.9. The van der Waals surface area contributed by atoms with Crippen molar-refractivity contribution in [2.45, 2.75) is 49.4 Å². The zero-order valence-electron chi connectivity index (χ0n) is 19.7. The molecule has 0 saturated carbocycles. The van der Waals surface area contributed by atoms with E-state index in [2.05, 4.69) is 34.5 Å². The van der Waals surface area contributed by atoms with Crippen molar-refractivity contribution in [2.75, 3.05) is 0 Å². The largest absolute Gasteiger partial charge is 0.534 e. The highest BCUT2D eigenvalue weighted by atomic mass is 32.2. The molecular weight excluding hydrogens is 485 g/mol. The van der Waals surface area contributed by atoms with Crippen molar-refractivity contribution in [1.82, 2.24) is 0 Å². The predicted octanol–water partition coefficient (Wildman–Crippen LogP) is 7.23. The van der Waals surface area contributed by atoms with Crippen molar-refractivity contribution in [3.63, 3.8) is 0 Å². The van der Waals surface area contributed by atoms with Crippen molar-refractivity contribution in [3.05, 3.63) is 107 Å². The lowest BCUT2D eigenvalue weighted by Gasteiger charge is -2.44. The number of aryl methyl sites for hydroxylation is 1. The van der Waals surface area contributed by atoms with E-state index in [0.717, 1.165) is 43.2 Å². The Morgan fingerprint density at radius 2 is 1.64 bits per heavy atom. The number of hydrogen-bond donors (Lipinski definition) is 0. The molecule has 2 aliphatic rings. The Bertz CT molecular complexity index is 1370. The van der Waals surface area contributed by atoms with Gasteiger partial charge in [-0.25, -0.2) is 0 Å². The molecule has 0 aromatic heterocycles. The van der Waals surface area contributed by atoms with Crippen LogP contribution in [0.1, 0.15) is 47.9 Å². The highest BCUT2D eigenvalue weighted by Crippen LogP contribution is 2.52. The summed E-state index contributed by atoms with van der Waals surface area (Å²) < 4.78 is 66.4. The van der Waals surface area contributed by atoms with E-state index in [0.29, 0.717) is 12.3 Å². The Morgan fingerprint density at radius 3 is 2.33 bits per heavy atom. The van der Waals surface area contributed by atoms with E-state index >= 15 is 0 Å². The molecule has 0 saturated heterocycles. The molecule has 3 aromatic carbocycles. The van der Waals surface area contributed by atoms with Crippen molar-refractivity contribution in [1.29, 1.82) is 0 Å². The number of fused-ring (bicyclic) bond motifs is 3. The summed E-state index contributed by atoms with van der Waals surface area (Å²) in [5.41, 5.74) is -0.0324. The molecule has 0 aliphatic heterocycles. The predicted molar refractivity (Wildman–Crippen MR) is 134 cm³/mol. The minimum absolute atomic E-state index is 0.243. The molecule has 0 unspecified atom stereocenters. The summed E-state index contributed by atoms with van der Waals surface area (Å²) in [5, 5.41) is 0. The maximum atomic E-state index is 12.9. The average Bonchev–Trinajstić information content (AvgIpc) is 3.00. The van der Waals surface area contributed by atoms with Gasteiger partial charge in [-0.1, -0.05) is 72.8 Å². The van der Waals surface area contributed by atoms with Gasteiger partial charge in [0.05, 0.1) is 0 Å². The number of rotatable bonds is 5. The van der Waals surface area contributed by atoms with Gasteiger partial charge < -0.3 is 4.18 Å². The van der Waals surface area contributed by atoms with Crippen molar-refractivity contribution < 1.29 is 25.8 Å². The molecule has 5 rings (SSSR count). The van der Waals surface area contributed by atoms with Crippen LogP contribution in [0.3, 0.4) is 0 Å². The van der Waals surface area contributed by atoms with E-state index in [-0.39, 0.29) is 11.2 Å². The molecular formula is C29H27F3O3S. The van der Waals surface area contributed by atoms with Gasteiger partial charge in [0.15, 0.2) is 0 Å². The minimum Gasteiger partial charge on any atom is -0.376 e. The first kappa shape index (κ1) is 24.6. The molecule has 2 atom stereocenters. The molecule has 36 heavy (non-hydrogen) atoms. The summed E-state index contributed by atoms with van der Waals surface area (Å²) in [7, 11) is -5.72. The van der Waals surface area contributed by atoms with Crippen LogP contribution in [0.4, 0.5) is 13.2 Å². The summed E-state index contributed by atoms with van der Waals surface area (Å²) in [4.78, 5) is 0. The average molecular weight is 513 g/mol. The molecule has 0 spiro atoms. The van der Waals surface area contributed by atoms with Crippen LogP contribution >= 0.6 is 0 Å². The molecule has 7 heteroatoms. The fraction of sp³-hybridized carbons (Fsp3) is 0.310. The van der Waals surface area contributed by atoms with Gasteiger partial charge in [0.2, 0.25) is 0 Å². The fourth-order valence-corrected chi connectivity index (χ4v) is 6.36. The molecule has 0 amide bonds. The topological polar surface area (TPSA) is 43.4 Å². The van der Waals surface area contributed by atoms with Gasteiger partial charge in [-0.05, 0) is 84.4 Å². The smallest absolute Gasteiger partial charge is 0.376 e. The lowest BCUT2D eigenvalue weighted by atomic mass is 9.59. The number of hydrogen-bond acceptors (Lipinski definition) is 3. The third-order valence-corrected chi connectivity index (χ3v) is 8.55. The van der Waals surface area contributed by atoms with E-state index < -0.39 is 15.6 Å². The van der Waals surface area contributed by atoms with Crippen LogP contribution in [0.25, 0.3) is 5.57 Å². The molecule has 188 valence electrons. The Labute approximate surface area is 209 Å². The van der Waals surface area contributed by atoms with E-state index in [9.17, 15) is 21.6 Å². The Morgan fingerprint density at radius 1 is 0.944 bits per heavy atom. The molecule has 0 N–H and O–H groups in total. The summed E-state index contributed by atoms with van der Waals surface area (Å²) in [6.07, 6.45) is 7.32. The fourth-order valence-electron chi connectivity index (χ4n) is 5.91. The van der Waals surface area contributed by atoms with Gasteiger partial charge in [-0.3, -0.25) is 0 Å². The molecule has 0 fully saturated rings.